The molecule has 0 fully saturated rings. The second-order valence-corrected chi connectivity index (χ2v) is 7.76. The highest BCUT2D eigenvalue weighted by molar-refractivity contribution is 7.20. The maximum Gasteiger partial charge on any atom is 0.0477 e. The van der Waals surface area contributed by atoms with Gasteiger partial charge in [-0.1, -0.05) is 51.9 Å². The van der Waals surface area contributed by atoms with Gasteiger partial charge < -0.3 is 0 Å². The molecule has 0 aliphatic heterocycles. The molecule has 2 heteroatoms. The van der Waals surface area contributed by atoms with Crippen LogP contribution in [0.1, 0.15) is 69.4 Å². The van der Waals surface area contributed by atoms with Crippen LogP contribution in [0.3, 0.4) is 0 Å². The number of aryl methyl sites for hydroxylation is 2. The van der Waals surface area contributed by atoms with Gasteiger partial charge in [-0.05, 0) is 53.8 Å². The molecule has 0 radical (unpaired) electrons. The lowest BCUT2D eigenvalue weighted by Crippen LogP contribution is -1.87. The summed E-state index contributed by atoms with van der Waals surface area (Å²) in [6, 6.07) is 4.57. The summed E-state index contributed by atoms with van der Waals surface area (Å²) in [4.78, 5) is 3.00. The number of hydrogen-bond acceptors (Lipinski definition) is 2. The van der Waals surface area contributed by atoms with Crippen LogP contribution in [0.2, 0.25) is 0 Å². The fraction of sp³-hybridized carbons (Fsp3) is 0.579. The Morgan fingerprint density at radius 1 is 0.762 bits per heavy atom. The molecule has 0 aliphatic rings. The molecule has 0 aliphatic carbocycles. The summed E-state index contributed by atoms with van der Waals surface area (Å²) in [5, 5.41) is 4.47. The third kappa shape index (κ3) is 5.27. The number of unbranched alkanes of at least 4 members (excludes halogenated alkanes) is 7. The minimum atomic E-state index is 1.26. The molecule has 0 amide bonds. The average Bonchev–Trinajstić information content (AvgIpc) is 3.10. The second-order valence-electron chi connectivity index (χ2n) is 5.93. The van der Waals surface area contributed by atoms with Crippen molar-refractivity contribution in [2.45, 2.75) is 71.6 Å². The smallest absolute Gasteiger partial charge is 0.0477 e. The van der Waals surface area contributed by atoms with Crippen molar-refractivity contribution in [1.82, 2.24) is 0 Å². The summed E-state index contributed by atoms with van der Waals surface area (Å²) in [6.07, 6.45) is 12.5. The van der Waals surface area contributed by atoms with E-state index in [9.17, 15) is 0 Å². The topological polar surface area (TPSA) is 0 Å². The zero-order valence-corrected chi connectivity index (χ0v) is 15.1. The normalized spacial score (nSPS) is 11.1. The molecule has 0 N–H and O–H groups in total. The lowest BCUT2D eigenvalue weighted by atomic mass is 10.0. The minimum absolute atomic E-state index is 1.26. The Hall–Kier alpha value is -0.600. The average molecular weight is 321 g/mol. The van der Waals surface area contributed by atoms with Crippen molar-refractivity contribution in [3.8, 4) is 9.75 Å². The third-order valence-corrected chi connectivity index (χ3v) is 6.25. The molecule has 0 saturated carbocycles. The van der Waals surface area contributed by atoms with Crippen LogP contribution < -0.4 is 0 Å². The Morgan fingerprint density at radius 3 is 2.05 bits per heavy atom. The Labute approximate surface area is 138 Å². The summed E-state index contributed by atoms with van der Waals surface area (Å²) in [5.74, 6) is 0. The number of hydrogen-bond donors (Lipinski definition) is 0. The Kier molecular flexibility index (Phi) is 7.52. The van der Waals surface area contributed by atoms with E-state index in [-0.39, 0.29) is 0 Å². The maximum absolute atomic E-state index is 2.33. The molecule has 21 heavy (non-hydrogen) atoms. The van der Waals surface area contributed by atoms with Gasteiger partial charge >= 0.3 is 0 Å². The quantitative estimate of drug-likeness (QED) is 0.398. The standard InChI is InChI=1S/C19H28S2/c1-3-4-5-6-7-8-9-10-11-17-13-15-21-19(17)18-16(2)12-14-20-18/h12-15H,3-11H2,1-2H3. The van der Waals surface area contributed by atoms with E-state index in [0.29, 0.717) is 0 Å². The van der Waals surface area contributed by atoms with Gasteiger partial charge in [-0.3, -0.25) is 0 Å². The lowest BCUT2D eigenvalue weighted by Gasteiger charge is -2.04. The van der Waals surface area contributed by atoms with E-state index in [1.54, 1.807) is 5.56 Å². The molecule has 0 spiro atoms. The van der Waals surface area contributed by atoms with E-state index in [0.717, 1.165) is 0 Å². The molecule has 0 nitrogen and oxygen atoms in total. The van der Waals surface area contributed by atoms with Gasteiger partial charge in [0.15, 0.2) is 0 Å². The first-order chi connectivity index (χ1) is 10.3. The van der Waals surface area contributed by atoms with Gasteiger partial charge in [0.2, 0.25) is 0 Å². The highest BCUT2D eigenvalue weighted by Crippen LogP contribution is 2.36. The van der Waals surface area contributed by atoms with E-state index in [2.05, 4.69) is 36.7 Å². The van der Waals surface area contributed by atoms with Gasteiger partial charge in [-0.2, -0.15) is 0 Å². The number of rotatable bonds is 10. The number of thiophene rings is 2. The zero-order chi connectivity index (χ0) is 14.9. The Morgan fingerprint density at radius 2 is 1.38 bits per heavy atom. The fourth-order valence-electron chi connectivity index (χ4n) is 2.79. The molecular weight excluding hydrogens is 292 g/mol. The van der Waals surface area contributed by atoms with Crippen LogP contribution >= 0.6 is 22.7 Å². The molecule has 0 bridgehead atoms. The van der Waals surface area contributed by atoms with E-state index < -0.39 is 0 Å². The van der Waals surface area contributed by atoms with Crippen molar-refractivity contribution in [3.05, 3.63) is 34.0 Å². The molecule has 2 aromatic heterocycles. The molecule has 0 aromatic carbocycles. The molecule has 0 saturated heterocycles. The largest absolute Gasteiger partial charge is 0.143 e. The Bertz CT molecular complexity index is 507. The van der Waals surface area contributed by atoms with Crippen LogP contribution in [-0.4, -0.2) is 0 Å². The van der Waals surface area contributed by atoms with Gasteiger partial charge in [0, 0.05) is 9.75 Å². The van der Waals surface area contributed by atoms with Gasteiger partial charge in [0.1, 0.15) is 0 Å². The summed E-state index contributed by atoms with van der Waals surface area (Å²) >= 11 is 3.80. The molecule has 2 rings (SSSR count). The van der Waals surface area contributed by atoms with Crippen LogP contribution in [0.5, 0.6) is 0 Å². The first kappa shape index (κ1) is 16.8. The molecule has 2 aromatic rings. The molecular formula is C19H28S2. The predicted molar refractivity (Wildman–Crippen MR) is 98.7 cm³/mol. The van der Waals surface area contributed by atoms with E-state index in [1.165, 1.54) is 73.1 Å². The summed E-state index contributed by atoms with van der Waals surface area (Å²) in [5.41, 5.74) is 3.00. The molecule has 0 unspecified atom stereocenters. The predicted octanol–water partition coefficient (Wildman–Crippen LogP) is 7.47. The SMILES string of the molecule is CCCCCCCCCCc1ccsc1-c1sccc1C. The molecule has 116 valence electrons. The second kappa shape index (κ2) is 9.42. The first-order valence-corrected chi connectivity index (χ1v) is 10.2. The highest BCUT2D eigenvalue weighted by Gasteiger charge is 2.10. The van der Waals surface area contributed by atoms with Gasteiger partial charge in [0.05, 0.1) is 0 Å². The fourth-order valence-corrected chi connectivity index (χ4v) is 4.93. The van der Waals surface area contributed by atoms with Crippen LogP contribution in [-0.2, 0) is 6.42 Å². The van der Waals surface area contributed by atoms with E-state index >= 15 is 0 Å². The van der Waals surface area contributed by atoms with Crippen LogP contribution in [0.15, 0.2) is 22.9 Å². The lowest BCUT2D eigenvalue weighted by molar-refractivity contribution is 0.576. The minimum Gasteiger partial charge on any atom is -0.143 e. The van der Waals surface area contributed by atoms with Gasteiger partial charge in [-0.15, -0.1) is 22.7 Å². The van der Waals surface area contributed by atoms with Crippen molar-refractivity contribution < 1.29 is 0 Å². The van der Waals surface area contributed by atoms with Crippen LogP contribution in [0.25, 0.3) is 9.75 Å². The monoisotopic (exact) mass is 320 g/mol. The van der Waals surface area contributed by atoms with Crippen molar-refractivity contribution in [2.24, 2.45) is 0 Å². The summed E-state index contributed by atoms with van der Waals surface area (Å²) in [7, 11) is 0. The van der Waals surface area contributed by atoms with Crippen molar-refractivity contribution in [3.63, 3.8) is 0 Å². The molecule has 0 atom stereocenters. The van der Waals surface area contributed by atoms with Crippen molar-refractivity contribution in [2.75, 3.05) is 0 Å². The van der Waals surface area contributed by atoms with E-state index in [4.69, 9.17) is 0 Å². The van der Waals surface area contributed by atoms with Gasteiger partial charge in [-0.25, -0.2) is 0 Å². The van der Waals surface area contributed by atoms with E-state index in [1.807, 2.05) is 22.7 Å². The summed E-state index contributed by atoms with van der Waals surface area (Å²) in [6.45, 7) is 4.51. The summed E-state index contributed by atoms with van der Waals surface area (Å²) < 4.78 is 0. The van der Waals surface area contributed by atoms with Crippen LogP contribution in [0.4, 0.5) is 0 Å². The molecule has 2 heterocycles. The Balaban J connectivity index is 1.70. The first-order valence-electron chi connectivity index (χ1n) is 8.43. The van der Waals surface area contributed by atoms with Crippen LogP contribution in [0, 0.1) is 6.92 Å². The maximum atomic E-state index is 2.33. The highest BCUT2D eigenvalue weighted by atomic mass is 32.1. The van der Waals surface area contributed by atoms with Crippen molar-refractivity contribution in [1.29, 1.82) is 0 Å². The van der Waals surface area contributed by atoms with Crippen molar-refractivity contribution >= 4 is 22.7 Å². The third-order valence-electron chi connectivity index (χ3n) is 4.11. The zero-order valence-electron chi connectivity index (χ0n) is 13.5. The van der Waals surface area contributed by atoms with Gasteiger partial charge in [0.25, 0.3) is 0 Å².